The monoisotopic (exact) mass is 148 g/mol. The van der Waals surface area contributed by atoms with E-state index in [9.17, 15) is 0 Å². The van der Waals surface area contributed by atoms with Crippen molar-refractivity contribution in [3.63, 3.8) is 0 Å². The first-order valence-corrected chi connectivity index (χ1v) is 3.41. The summed E-state index contributed by atoms with van der Waals surface area (Å²) >= 11 is 0. The first-order valence-electron chi connectivity index (χ1n) is 3.41. The molecule has 2 heterocycles. The number of imidazole rings is 1. The smallest absolute Gasteiger partial charge is 0.154 e. The Kier molecular flexibility index (Phi) is 1.28. The third-order valence-corrected chi connectivity index (χ3v) is 1.60. The number of rotatable bonds is 1. The van der Waals surface area contributed by atoms with Gasteiger partial charge in [-0.15, -0.1) is 0 Å². The van der Waals surface area contributed by atoms with Crippen molar-refractivity contribution < 1.29 is 4.42 Å². The molecule has 3 nitrogen and oxygen atoms in total. The number of hydrogen-bond acceptors (Lipinski definition) is 2. The molecule has 0 aliphatic carbocycles. The topological polar surface area (TPSA) is 41.8 Å². The van der Waals surface area contributed by atoms with Crippen LogP contribution in [-0.2, 0) is 0 Å². The summed E-state index contributed by atoms with van der Waals surface area (Å²) in [6, 6.07) is 1.93. The normalized spacial score (nSPS) is 10.3. The van der Waals surface area contributed by atoms with Crippen molar-refractivity contribution >= 4 is 0 Å². The molecule has 0 saturated heterocycles. The summed E-state index contributed by atoms with van der Waals surface area (Å²) in [5.41, 5.74) is 2.04. The van der Waals surface area contributed by atoms with Crippen LogP contribution in [0.5, 0.6) is 0 Å². The number of furan rings is 1. The summed E-state index contributed by atoms with van der Waals surface area (Å²) < 4.78 is 5.24. The van der Waals surface area contributed by atoms with E-state index in [2.05, 4.69) is 9.97 Å². The van der Waals surface area contributed by atoms with Gasteiger partial charge in [0, 0.05) is 0 Å². The molecule has 2 rings (SSSR count). The minimum Gasteiger partial charge on any atom is -0.462 e. The Morgan fingerprint density at radius 1 is 1.55 bits per heavy atom. The maximum atomic E-state index is 5.24. The second kappa shape index (κ2) is 2.27. The Bertz CT molecular complexity index is 335. The molecule has 0 radical (unpaired) electrons. The van der Waals surface area contributed by atoms with Crippen LogP contribution in [0.1, 0.15) is 5.56 Å². The number of aryl methyl sites for hydroxylation is 1. The van der Waals surface area contributed by atoms with Gasteiger partial charge in [-0.3, -0.25) is 0 Å². The summed E-state index contributed by atoms with van der Waals surface area (Å²) in [6.45, 7) is 2.00. The number of aromatic nitrogens is 2. The number of nitrogens with one attached hydrogen (secondary N) is 1. The number of H-pyrrole nitrogens is 1. The number of nitrogens with zero attached hydrogens (tertiary/aromatic N) is 1. The van der Waals surface area contributed by atoms with Gasteiger partial charge in [0.25, 0.3) is 0 Å². The molecular weight excluding hydrogens is 140 g/mol. The fraction of sp³-hybridized carbons (Fsp3) is 0.125. The first kappa shape index (κ1) is 6.22. The van der Waals surface area contributed by atoms with Crippen LogP contribution in [0.15, 0.2) is 29.3 Å². The van der Waals surface area contributed by atoms with Crippen molar-refractivity contribution in [3.8, 4) is 11.5 Å². The molecular formula is C8H8N2O. The summed E-state index contributed by atoms with van der Waals surface area (Å²) in [4.78, 5) is 6.88. The lowest BCUT2D eigenvalue weighted by Gasteiger charge is -1.90. The molecule has 0 saturated carbocycles. The summed E-state index contributed by atoms with van der Waals surface area (Å²) in [6.07, 6.45) is 5.05. The minimum atomic E-state index is 0.863. The highest BCUT2D eigenvalue weighted by Crippen LogP contribution is 2.20. The lowest BCUT2D eigenvalue weighted by Crippen LogP contribution is -1.74. The molecule has 0 bridgehead atoms. The molecule has 2 aromatic rings. The lowest BCUT2D eigenvalue weighted by atomic mass is 10.2. The molecule has 0 atom stereocenters. The van der Waals surface area contributed by atoms with Crippen LogP contribution in [0.25, 0.3) is 11.5 Å². The highest BCUT2D eigenvalue weighted by molar-refractivity contribution is 5.54. The molecule has 1 N–H and O–H groups in total. The Labute approximate surface area is 64.1 Å². The molecule has 0 aliphatic rings. The van der Waals surface area contributed by atoms with Crippen molar-refractivity contribution in [3.05, 3.63) is 30.4 Å². The molecule has 0 fully saturated rings. The third kappa shape index (κ3) is 0.941. The van der Waals surface area contributed by atoms with Crippen molar-refractivity contribution in [2.75, 3.05) is 0 Å². The zero-order chi connectivity index (χ0) is 7.68. The number of hydrogen-bond donors (Lipinski definition) is 1. The van der Waals surface area contributed by atoms with Crippen molar-refractivity contribution in [2.45, 2.75) is 6.92 Å². The average molecular weight is 148 g/mol. The Morgan fingerprint density at radius 3 is 3.00 bits per heavy atom. The molecule has 0 unspecified atom stereocenters. The van der Waals surface area contributed by atoms with E-state index in [0.29, 0.717) is 0 Å². The van der Waals surface area contributed by atoms with Gasteiger partial charge in [0.2, 0.25) is 0 Å². The van der Waals surface area contributed by atoms with Crippen LogP contribution in [-0.4, -0.2) is 9.97 Å². The van der Waals surface area contributed by atoms with E-state index in [0.717, 1.165) is 17.0 Å². The Hall–Kier alpha value is -1.51. The van der Waals surface area contributed by atoms with Crippen molar-refractivity contribution in [2.24, 2.45) is 0 Å². The standard InChI is InChI=1S/C8H8N2O/c1-6-2-3-11-8(6)7-4-9-5-10-7/h2-5H,1H3,(H,9,10). The third-order valence-electron chi connectivity index (χ3n) is 1.60. The lowest BCUT2D eigenvalue weighted by molar-refractivity contribution is 0.579. The van der Waals surface area contributed by atoms with Gasteiger partial charge in [0.05, 0.1) is 18.8 Å². The predicted molar refractivity (Wildman–Crippen MR) is 41.0 cm³/mol. The van der Waals surface area contributed by atoms with E-state index in [1.54, 1.807) is 18.8 Å². The molecule has 3 heteroatoms. The molecule has 56 valence electrons. The van der Waals surface area contributed by atoms with Crippen LogP contribution in [0.4, 0.5) is 0 Å². The van der Waals surface area contributed by atoms with Crippen molar-refractivity contribution in [1.29, 1.82) is 0 Å². The van der Waals surface area contributed by atoms with Gasteiger partial charge in [-0.25, -0.2) is 4.98 Å². The molecule has 0 aliphatic heterocycles. The van der Waals surface area contributed by atoms with Gasteiger partial charge < -0.3 is 9.40 Å². The molecule has 0 amide bonds. The maximum Gasteiger partial charge on any atom is 0.154 e. The molecule has 11 heavy (non-hydrogen) atoms. The van der Waals surface area contributed by atoms with Gasteiger partial charge >= 0.3 is 0 Å². The predicted octanol–water partition coefficient (Wildman–Crippen LogP) is 1.98. The highest BCUT2D eigenvalue weighted by atomic mass is 16.3. The van der Waals surface area contributed by atoms with Crippen LogP contribution < -0.4 is 0 Å². The van der Waals surface area contributed by atoms with E-state index >= 15 is 0 Å². The van der Waals surface area contributed by atoms with Gasteiger partial charge in [-0.05, 0) is 18.6 Å². The van der Waals surface area contributed by atoms with Crippen LogP contribution in [0.2, 0.25) is 0 Å². The average Bonchev–Trinajstić information content (AvgIpc) is 2.55. The zero-order valence-corrected chi connectivity index (χ0v) is 6.16. The SMILES string of the molecule is Cc1ccoc1-c1cnc[nH]1. The molecule has 0 aromatic carbocycles. The number of aromatic amines is 1. The van der Waals surface area contributed by atoms with Gasteiger partial charge in [-0.1, -0.05) is 0 Å². The summed E-state index contributed by atoms with van der Waals surface area (Å²) in [5, 5.41) is 0. The quantitative estimate of drug-likeness (QED) is 0.671. The fourth-order valence-corrected chi connectivity index (χ4v) is 1.03. The largest absolute Gasteiger partial charge is 0.462 e. The summed E-state index contributed by atoms with van der Waals surface area (Å²) in [5.74, 6) is 0.863. The molecule has 0 spiro atoms. The first-order chi connectivity index (χ1) is 5.38. The van der Waals surface area contributed by atoms with Gasteiger partial charge in [0.15, 0.2) is 5.76 Å². The van der Waals surface area contributed by atoms with Crippen LogP contribution in [0.3, 0.4) is 0 Å². The molecule has 2 aromatic heterocycles. The second-order valence-electron chi connectivity index (χ2n) is 2.40. The summed E-state index contributed by atoms with van der Waals surface area (Å²) in [7, 11) is 0. The van der Waals surface area contributed by atoms with Gasteiger partial charge in [0.1, 0.15) is 5.69 Å². The van der Waals surface area contributed by atoms with E-state index in [1.165, 1.54) is 0 Å². The van der Waals surface area contributed by atoms with E-state index < -0.39 is 0 Å². The zero-order valence-electron chi connectivity index (χ0n) is 6.16. The Morgan fingerprint density at radius 2 is 2.45 bits per heavy atom. The van der Waals surface area contributed by atoms with Crippen LogP contribution >= 0.6 is 0 Å². The minimum absolute atomic E-state index is 0.863. The Balaban J connectivity index is 2.53. The highest BCUT2D eigenvalue weighted by Gasteiger charge is 2.04. The van der Waals surface area contributed by atoms with Crippen molar-refractivity contribution in [1.82, 2.24) is 9.97 Å². The van der Waals surface area contributed by atoms with Gasteiger partial charge in [-0.2, -0.15) is 0 Å². The van der Waals surface area contributed by atoms with E-state index in [-0.39, 0.29) is 0 Å². The van der Waals surface area contributed by atoms with Crippen LogP contribution in [0, 0.1) is 6.92 Å². The maximum absolute atomic E-state index is 5.24. The fourth-order valence-electron chi connectivity index (χ4n) is 1.03. The second-order valence-corrected chi connectivity index (χ2v) is 2.40. The van der Waals surface area contributed by atoms with E-state index in [4.69, 9.17) is 4.42 Å². The van der Waals surface area contributed by atoms with E-state index in [1.807, 2.05) is 13.0 Å².